The summed E-state index contributed by atoms with van der Waals surface area (Å²) in [6, 6.07) is 3.20. The molecule has 120 valence electrons. The molecule has 3 aromatic rings. The van der Waals surface area contributed by atoms with Crippen LogP contribution < -0.4 is 10.5 Å². The lowest BCUT2D eigenvalue weighted by atomic mass is 10.1. The molecule has 0 saturated carbocycles. The maximum absolute atomic E-state index is 14.0. The highest BCUT2D eigenvalue weighted by molar-refractivity contribution is 9.10. The number of nitrogens with zero attached hydrogens (tertiary/aromatic N) is 2. The molecule has 1 aromatic carbocycles. The van der Waals surface area contributed by atoms with E-state index in [0.29, 0.717) is 45.6 Å². The molecule has 3 N–H and O–H groups in total. The Bertz CT molecular complexity index is 853. The van der Waals surface area contributed by atoms with Gasteiger partial charge in [0.15, 0.2) is 5.75 Å². The van der Waals surface area contributed by atoms with Gasteiger partial charge >= 0.3 is 0 Å². The van der Waals surface area contributed by atoms with Crippen LogP contribution in [0.1, 0.15) is 0 Å². The number of anilines is 1. The number of hydrogen-bond acceptors (Lipinski definition) is 5. The van der Waals surface area contributed by atoms with Gasteiger partial charge in [-0.1, -0.05) is 15.9 Å². The molecule has 0 aliphatic heterocycles. The lowest BCUT2D eigenvalue weighted by Gasteiger charge is -2.10. The number of aromatic nitrogens is 3. The molecule has 23 heavy (non-hydrogen) atoms. The van der Waals surface area contributed by atoms with E-state index in [2.05, 4.69) is 30.9 Å². The minimum Gasteiger partial charge on any atom is -0.487 e. The summed E-state index contributed by atoms with van der Waals surface area (Å²) < 4.78 is 25.3. The summed E-state index contributed by atoms with van der Waals surface area (Å²) in [5, 5.41) is 0.673. The van der Waals surface area contributed by atoms with Crippen LogP contribution in [0.3, 0.4) is 0 Å². The SMILES string of the molecule is COCCOc1cnc(N)nc1-c1c[nH]c2c(F)cc(Br)cc12. The Balaban J connectivity index is 2.12. The van der Waals surface area contributed by atoms with Gasteiger partial charge in [-0.25, -0.2) is 14.4 Å². The zero-order valence-corrected chi connectivity index (χ0v) is 13.9. The second-order valence-electron chi connectivity index (χ2n) is 4.79. The Morgan fingerprint density at radius 2 is 2.17 bits per heavy atom. The van der Waals surface area contributed by atoms with E-state index >= 15 is 0 Å². The lowest BCUT2D eigenvalue weighted by Crippen LogP contribution is -2.07. The van der Waals surface area contributed by atoms with Gasteiger partial charge in [-0.15, -0.1) is 0 Å². The summed E-state index contributed by atoms with van der Waals surface area (Å²) in [7, 11) is 1.59. The first kappa shape index (κ1) is 15.7. The number of nitrogen functional groups attached to an aromatic ring is 1. The van der Waals surface area contributed by atoms with Crippen LogP contribution in [0.15, 0.2) is 29.0 Å². The molecule has 0 unspecified atom stereocenters. The summed E-state index contributed by atoms with van der Waals surface area (Å²) in [5.41, 5.74) is 7.27. The predicted molar refractivity (Wildman–Crippen MR) is 88.8 cm³/mol. The first-order chi connectivity index (χ1) is 11.1. The van der Waals surface area contributed by atoms with Gasteiger partial charge in [0, 0.05) is 28.7 Å². The second-order valence-corrected chi connectivity index (χ2v) is 5.71. The van der Waals surface area contributed by atoms with Crippen molar-refractivity contribution in [1.29, 1.82) is 0 Å². The molecule has 0 amide bonds. The standard InChI is InChI=1S/C15H14BrFN4O2/c1-22-2-3-23-12-7-20-15(18)21-14(12)10-6-19-13-9(10)4-8(16)5-11(13)17/h4-7,19H,2-3H2,1H3,(H2,18,20,21). The first-order valence-corrected chi connectivity index (χ1v) is 7.60. The van der Waals surface area contributed by atoms with Crippen LogP contribution >= 0.6 is 15.9 Å². The average Bonchev–Trinajstić information content (AvgIpc) is 2.93. The number of hydrogen-bond donors (Lipinski definition) is 2. The van der Waals surface area contributed by atoms with E-state index in [4.69, 9.17) is 15.2 Å². The first-order valence-electron chi connectivity index (χ1n) is 6.81. The molecule has 0 radical (unpaired) electrons. The van der Waals surface area contributed by atoms with Crippen molar-refractivity contribution in [2.75, 3.05) is 26.1 Å². The van der Waals surface area contributed by atoms with E-state index in [1.54, 1.807) is 13.3 Å². The zero-order valence-electron chi connectivity index (χ0n) is 12.3. The number of methoxy groups -OCH3 is 1. The predicted octanol–water partition coefficient (Wildman–Crippen LogP) is 3.13. The van der Waals surface area contributed by atoms with Gasteiger partial charge in [0.05, 0.1) is 18.3 Å². The zero-order chi connectivity index (χ0) is 16.4. The Morgan fingerprint density at radius 3 is 2.96 bits per heavy atom. The maximum atomic E-state index is 14.0. The topological polar surface area (TPSA) is 86.1 Å². The van der Waals surface area contributed by atoms with E-state index in [1.807, 2.05) is 6.07 Å². The Morgan fingerprint density at radius 1 is 1.35 bits per heavy atom. The highest BCUT2D eigenvalue weighted by Gasteiger charge is 2.16. The molecular formula is C15H14BrFN4O2. The lowest BCUT2D eigenvalue weighted by molar-refractivity contribution is 0.146. The van der Waals surface area contributed by atoms with Gasteiger partial charge in [-0.3, -0.25) is 0 Å². The fourth-order valence-electron chi connectivity index (χ4n) is 2.27. The largest absolute Gasteiger partial charge is 0.487 e. The smallest absolute Gasteiger partial charge is 0.220 e. The summed E-state index contributed by atoms with van der Waals surface area (Å²) in [4.78, 5) is 11.1. The van der Waals surface area contributed by atoms with Crippen molar-refractivity contribution in [1.82, 2.24) is 15.0 Å². The van der Waals surface area contributed by atoms with Gasteiger partial charge in [-0.2, -0.15) is 0 Å². The minimum atomic E-state index is -0.357. The van der Waals surface area contributed by atoms with Crippen LogP contribution in [-0.2, 0) is 4.74 Å². The monoisotopic (exact) mass is 380 g/mol. The Kier molecular flexibility index (Phi) is 4.44. The van der Waals surface area contributed by atoms with Gasteiger partial charge in [0.1, 0.15) is 18.1 Å². The van der Waals surface area contributed by atoms with Crippen molar-refractivity contribution in [2.24, 2.45) is 0 Å². The van der Waals surface area contributed by atoms with Gasteiger partial charge in [0.25, 0.3) is 0 Å². The highest BCUT2D eigenvalue weighted by Crippen LogP contribution is 2.35. The molecule has 0 atom stereocenters. The van der Waals surface area contributed by atoms with Crippen molar-refractivity contribution in [3.63, 3.8) is 0 Å². The van der Waals surface area contributed by atoms with Crippen molar-refractivity contribution < 1.29 is 13.9 Å². The molecule has 0 spiro atoms. The van der Waals surface area contributed by atoms with Gasteiger partial charge in [-0.05, 0) is 12.1 Å². The fourth-order valence-corrected chi connectivity index (χ4v) is 2.70. The van der Waals surface area contributed by atoms with E-state index < -0.39 is 0 Å². The van der Waals surface area contributed by atoms with Crippen molar-refractivity contribution in [3.05, 3.63) is 34.8 Å². The molecule has 3 rings (SSSR count). The number of H-pyrrole nitrogens is 1. The van der Waals surface area contributed by atoms with Crippen molar-refractivity contribution in [3.8, 4) is 17.0 Å². The van der Waals surface area contributed by atoms with Gasteiger partial charge < -0.3 is 20.2 Å². The van der Waals surface area contributed by atoms with Crippen molar-refractivity contribution >= 4 is 32.8 Å². The molecule has 0 bridgehead atoms. The van der Waals surface area contributed by atoms with Crippen LogP contribution in [-0.4, -0.2) is 35.3 Å². The number of halogens is 2. The van der Waals surface area contributed by atoms with E-state index in [9.17, 15) is 4.39 Å². The van der Waals surface area contributed by atoms with Crippen LogP contribution in [0.4, 0.5) is 10.3 Å². The van der Waals surface area contributed by atoms with Gasteiger partial charge in [0.2, 0.25) is 5.95 Å². The molecule has 2 heterocycles. The number of fused-ring (bicyclic) bond motifs is 1. The molecule has 6 nitrogen and oxygen atoms in total. The fraction of sp³-hybridized carbons (Fsp3) is 0.200. The van der Waals surface area contributed by atoms with E-state index in [-0.39, 0.29) is 11.8 Å². The Labute approximate surface area is 140 Å². The molecule has 0 aliphatic carbocycles. The quantitative estimate of drug-likeness (QED) is 0.664. The third-order valence-electron chi connectivity index (χ3n) is 3.28. The maximum Gasteiger partial charge on any atom is 0.220 e. The molecule has 0 aliphatic rings. The average molecular weight is 381 g/mol. The molecular weight excluding hydrogens is 367 g/mol. The van der Waals surface area contributed by atoms with Crippen LogP contribution in [0.2, 0.25) is 0 Å². The van der Waals surface area contributed by atoms with E-state index in [1.165, 1.54) is 12.3 Å². The summed E-state index contributed by atoms with van der Waals surface area (Å²) in [5.74, 6) is 0.214. The third kappa shape index (κ3) is 3.13. The third-order valence-corrected chi connectivity index (χ3v) is 3.74. The summed E-state index contributed by atoms with van der Waals surface area (Å²) in [6.45, 7) is 0.773. The summed E-state index contributed by atoms with van der Waals surface area (Å²) in [6.07, 6.45) is 3.17. The number of nitrogens with two attached hydrogens (primary N) is 1. The highest BCUT2D eigenvalue weighted by atomic mass is 79.9. The molecule has 0 saturated heterocycles. The number of benzene rings is 1. The van der Waals surface area contributed by atoms with Crippen LogP contribution in [0.5, 0.6) is 5.75 Å². The van der Waals surface area contributed by atoms with Crippen LogP contribution in [0.25, 0.3) is 22.2 Å². The summed E-state index contributed by atoms with van der Waals surface area (Å²) >= 11 is 3.30. The minimum absolute atomic E-state index is 0.115. The molecule has 2 aromatic heterocycles. The van der Waals surface area contributed by atoms with E-state index in [0.717, 1.165) is 0 Å². The number of aromatic amines is 1. The van der Waals surface area contributed by atoms with Crippen LogP contribution in [0, 0.1) is 5.82 Å². The number of rotatable bonds is 5. The normalized spacial score (nSPS) is 11.1. The number of nitrogens with one attached hydrogen (secondary N) is 1. The second kappa shape index (κ2) is 6.51. The molecule has 8 heteroatoms. The number of ether oxygens (including phenoxy) is 2. The molecule has 0 fully saturated rings. The van der Waals surface area contributed by atoms with Crippen molar-refractivity contribution in [2.45, 2.75) is 0 Å². The Hall–Kier alpha value is -2.19.